The molecule has 3 heterocycles. The maximum atomic E-state index is 5.87. The van der Waals surface area contributed by atoms with E-state index >= 15 is 0 Å². The van der Waals surface area contributed by atoms with Gasteiger partial charge in [-0.1, -0.05) is 13.0 Å². The number of imidazole rings is 1. The summed E-state index contributed by atoms with van der Waals surface area (Å²) < 4.78 is 2.36. The highest BCUT2D eigenvalue weighted by Crippen LogP contribution is 2.36. The van der Waals surface area contributed by atoms with Gasteiger partial charge in [-0.2, -0.15) is 0 Å². The molecule has 1 aliphatic carbocycles. The molecule has 4 nitrogen and oxygen atoms in total. The summed E-state index contributed by atoms with van der Waals surface area (Å²) in [5.41, 5.74) is 10.5. The van der Waals surface area contributed by atoms with Gasteiger partial charge in [0.1, 0.15) is 5.69 Å². The minimum Gasteiger partial charge on any atom is -0.330 e. The number of nitrogens with zero attached hydrogens (tertiary/aromatic N) is 3. The van der Waals surface area contributed by atoms with Gasteiger partial charge in [-0.25, -0.2) is 4.98 Å². The molecule has 0 saturated carbocycles. The van der Waals surface area contributed by atoms with Gasteiger partial charge >= 0.3 is 0 Å². The predicted molar refractivity (Wildman–Crippen MR) is 90.2 cm³/mol. The minimum atomic E-state index is 0.634. The van der Waals surface area contributed by atoms with Crippen molar-refractivity contribution in [2.24, 2.45) is 11.7 Å². The maximum absolute atomic E-state index is 5.87. The van der Waals surface area contributed by atoms with Crippen molar-refractivity contribution in [3.8, 4) is 11.4 Å². The number of pyridine rings is 1. The van der Waals surface area contributed by atoms with Gasteiger partial charge in [-0.15, -0.1) is 11.3 Å². The van der Waals surface area contributed by atoms with Crippen LogP contribution in [0.15, 0.2) is 24.4 Å². The highest BCUT2D eigenvalue weighted by atomic mass is 32.1. The fourth-order valence-electron chi connectivity index (χ4n) is 3.36. The summed E-state index contributed by atoms with van der Waals surface area (Å²) in [5.74, 6) is 0.782. The molecule has 0 fully saturated rings. The SMILES string of the molecule is CC1CCc2c(sc3nc(-c4ccccn4)c(CCN)n23)C1. The van der Waals surface area contributed by atoms with Crippen molar-refractivity contribution in [2.45, 2.75) is 32.6 Å². The molecule has 1 atom stereocenters. The average Bonchev–Trinajstić information content (AvgIpc) is 3.05. The summed E-state index contributed by atoms with van der Waals surface area (Å²) >= 11 is 1.84. The molecule has 0 aromatic carbocycles. The van der Waals surface area contributed by atoms with E-state index in [1.165, 1.54) is 29.1 Å². The maximum Gasteiger partial charge on any atom is 0.195 e. The van der Waals surface area contributed by atoms with E-state index in [0.717, 1.165) is 35.1 Å². The Bertz CT molecular complexity index is 803. The quantitative estimate of drug-likeness (QED) is 0.808. The monoisotopic (exact) mass is 312 g/mol. The topological polar surface area (TPSA) is 56.2 Å². The third-order valence-electron chi connectivity index (χ3n) is 4.44. The molecule has 4 rings (SSSR count). The van der Waals surface area contributed by atoms with Gasteiger partial charge in [0.25, 0.3) is 0 Å². The molecule has 2 N–H and O–H groups in total. The van der Waals surface area contributed by atoms with Crippen molar-refractivity contribution in [2.75, 3.05) is 6.54 Å². The van der Waals surface area contributed by atoms with Gasteiger partial charge in [0.05, 0.1) is 11.4 Å². The number of aromatic nitrogens is 3. The zero-order chi connectivity index (χ0) is 15.1. The van der Waals surface area contributed by atoms with Gasteiger partial charge in [0.2, 0.25) is 0 Å². The van der Waals surface area contributed by atoms with Crippen LogP contribution in [0.2, 0.25) is 0 Å². The van der Waals surface area contributed by atoms with Crippen LogP contribution >= 0.6 is 11.3 Å². The van der Waals surface area contributed by atoms with Crippen LogP contribution in [0, 0.1) is 5.92 Å². The number of nitrogens with two attached hydrogens (primary N) is 1. The lowest BCUT2D eigenvalue weighted by atomic mass is 9.93. The van der Waals surface area contributed by atoms with Crippen molar-refractivity contribution in [3.63, 3.8) is 0 Å². The Morgan fingerprint density at radius 3 is 3.09 bits per heavy atom. The second-order valence-corrected chi connectivity index (χ2v) is 7.16. The largest absolute Gasteiger partial charge is 0.330 e. The number of rotatable bonds is 3. The predicted octanol–water partition coefficient (Wildman–Crippen LogP) is 3.08. The number of thiazole rings is 1. The molecule has 0 amide bonds. The lowest BCUT2D eigenvalue weighted by molar-refractivity contribution is 0.498. The minimum absolute atomic E-state index is 0.634. The Balaban J connectivity index is 1.92. The lowest BCUT2D eigenvalue weighted by Crippen LogP contribution is -2.13. The standard InChI is InChI=1S/C17H20N4S/c1-11-5-6-13-15(10-11)22-17-20-16(12-4-2-3-9-19-12)14(7-8-18)21(13)17/h2-4,9,11H,5-8,10,18H2,1H3. The molecule has 3 aromatic rings. The third kappa shape index (κ3) is 2.16. The lowest BCUT2D eigenvalue weighted by Gasteiger charge is -2.18. The van der Waals surface area contributed by atoms with Crippen LogP contribution in [0.4, 0.5) is 0 Å². The van der Waals surface area contributed by atoms with Crippen LogP contribution in [0.1, 0.15) is 29.6 Å². The van der Waals surface area contributed by atoms with Gasteiger partial charge in [0, 0.05) is 23.2 Å². The Morgan fingerprint density at radius 2 is 2.32 bits per heavy atom. The number of fused-ring (bicyclic) bond motifs is 3. The molecular weight excluding hydrogens is 292 g/mol. The summed E-state index contributed by atoms with van der Waals surface area (Å²) in [5, 5.41) is 0. The van der Waals surface area contributed by atoms with Crippen LogP contribution < -0.4 is 5.73 Å². The highest BCUT2D eigenvalue weighted by Gasteiger charge is 2.25. The van der Waals surface area contributed by atoms with Crippen molar-refractivity contribution >= 4 is 16.3 Å². The summed E-state index contributed by atoms with van der Waals surface area (Å²) in [6, 6.07) is 5.98. The van der Waals surface area contributed by atoms with Gasteiger partial charge in [-0.05, 0) is 43.9 Å². The molecule has 5 heteroatoms. The molecule has 0 aliphatic heterocycles. The summed E-state index contributed by atoms with van der Waals surface area (Å²) in [4.78, 5) is 12.0. The number of hydrogen-bond donors (Lipinski definition) is 1. The van der Waals surface area contributed by atoms with E-state index in [4.69, 9.17) is 10.7 Å². The third-order valence-corrected chi connectivity index (χ3v) is 5.55. The Hall–Kier alpha value is -1.72. The molecular formula is C17H20N4S. The first-order chi connectivity index (χ1) is 10.8. The van der Waals surface area contributed by atoms with Crippen LogP contribution in [0.5, 0.6) is 0 Å². The molecule has 1 aliphatic rings. The van der Waals surface area contributed by atoms with Gasteiger partial charge < -0.3 is 5.73 Å². The van der Waals surface area contributed by atoms with Crippen molar-refractivity contribution < 1.29 is 0 Å². The molecule has 0 radical (unpaired) electrons. The van der Waals surface area contributed by atoms with E-state index in [9.17, 15) is 0 Å². The summed E-state index contributed by atoms with van der Waals surface area (Å²) in [6.07, 6.45) is 6.26. The average molecular weight is 312 g/mol. The summed E-state index contributed by atoms with van der Waals surface area (Å²) in [7, 11) is 0. The Morgan fingerprint density at radius 1 is 1.41 bits per heavy atom. The zero-order valence-electron chi connectivity index (χ0n) is 12.7. The van der Waals surface area contributed by atoms with Gasteiger partial charge in [-0.3, -0.25) is 9.38 Å². The number of hydrogen-bond acceptors (Lipinski definition) is 4. The molecule has 114 valence electrons. The Labute approximate surface area is 134 Å². The van der Waals surface area contributed by atoms with Crippen molar-refractivity contribution in [3.05, 3.63) is 40.7 Å². The molecule has 0 saturated heterocycles. The van der Waals surface area contributed by atoms with E-state index in [-0.39, 0.29) is 0 Å². The van der Waals surface area contributed by atoms with E-state index in [0.29, 0.717) is 6.54 Å². The van der Waals surface area contributed by atoms with E-state index in [1.54, 1.807) is 0 Å². The number of aryl methyl sites for hydroxylation is 1. The molecule has 22 heavy (non-hydrogen) atoms. The normalized spacial score (nSPS) is 17.8. The zero-order valence-corrected chi connectivity index (χ0v) is 13.6. The summed E-state index contributed by atoms with van der Waals surface area (Å²) in [6.45, 7) is 2.97. The van der Waals surface area contributed by atoms with E-state index in [2.05, 4.69) is 16.3 Å². The van der Waals surface area contributed by atoms with Crippen LogP contribution in [-0.2, 0) is 19.3 Å². The first-order valence-electron chi connectivity index (χ1n) is 7.91. The molecule has 0 bridgehead atoms. The Kier molecular flexibility index (Phi) is 3.47. The van der Waals surface area contributed by atoms with Crippen LogP contribution in [0.3, 0.4) is 0 Å². The van der Waals surface area contributed by atoms with E-state index in [1.807, 2.05) is 35.7 Å². The smallest absolute Gasteiger partial charge is 0.195 e. The molecule has 0 spiro atoms. The van der Waals surface area contributed by atoms with Crippen LogP contribution in [0.25, 0.3) is 16.3 Å². The molecule has 1 unspecified atom stereocenters. The van der Waals surface area contributed by atoms with E-state index < -0.39 is 0 Å². The highest BCUT2D eigenvalue weighted by molar-refractivity contribution is 7.17. The van der Waals surface area contributed by atoms with Crippen LogP contribution in [-0.4, -0.2) is 20.9 Å². The second-order valence-electron chi connectivity index (χ2n) is 6.10. The van der Waals surface area contributed by atoms with Crippen molar-refractivity contribution in [1.82, 2.24) is 14.4 Å². The second kappa shape index (κ2) is 5.48. The fourth-order valence-corrected chi connectivity index (χ4v) is 4.71. The first-order valence-corrected chi connectivity index (χ1v) is 8.73. The van der Waals surface area contributed by atoms with Gasteiger partial charge in [0.15, 0.2) is 4.96 Å². The van der Waals surface area contributed by atoms with Crippen molar-refractivity contribution in [1.29, 1.82) is 0 Å². The first kappa shape index (κ1) is 13.9. The molecule has 3 aromatic heterocycles. The fraction of sp³-hybridized carbons (Fsp3) is 0.412.